The number of hydrogen-bond acceptors (Lipinski definition) is 4. The number of ether oxygens (including phenoxy) is 1. The van der Waals surface area contributed by atoms with E-state index in [0.29, 0.717) is 5.69 Å². The third-order valence-corrected chi connectivity index (χ3v) is 4.32. The van der Waals surface area contributed by atoms with Crippen molar-refractivity contribution < 1.29 is 22.7 Å². The predicted octanol–water partition coefficient (Wildman–Crippen LogP) is 4.01. The lowest BCUT2D eigenvalue weighted by atomic mass is 10.1. The van der Waals surface area contributed by atoms with E-state index < -0.39 is 23.8 Å². The molecule has 0 spiro atoms. The number of benzene rings is 1. The van der Waals surface area contributed by atoms with Crippen molar-refractivity contribution >= 4 is 22.6 Å². The molecule has 1 N–H and O–H groups in total. The molecule has 9 heteroatoms. The molecule has 0 aliphatic rings. The third-order valence-electron chi connectivity index (χ3n) is 4.32. The molecule has 2 aromatic heterocycles. The molecular weight excluding hydrogens is 373 g/mol. The number of alkyl halides is 3. The van der Waals surface area contributed by atoms with Gasteiger partial charge >= 0.3 is 6.18 Å². The summed E-state index contributed by atoms with van der Waals surface area (Å²) in [5, 5.41) is 6.62. The molecule has 6 nitrogen and oxygen atoms in total. The van der Waals surface area contributed by atoms with Crippen LogP contribution >= 0.6 is 0 Å². The molecule has 2 heterocycles. The second-order valence-electron chi connectivity index (χ2n) is 6.48. The van der Waals surface area contributed by atoms with Gasteiger partial charge in [0.1, 0.15) is 0 Å². The Labute approximate surface area is 159 Å². The number of amides is 1. The summed E-state index contributed by atoms with van der Waals surface area (Å²) in [5.74, 6) is -0.791. The van der Waals surface area contributed by atoms with E-state index in [0.717, 1.165) is 11.6 Å². The van der Waals surface area contributed by atoms with Crippen molar-refractivity contribution in [3.63, 3.8) is 0 Å². The van der Waals surface area contributed by atoms with Crippen LogP contribution in [0.3, 0.4) is 0 Å². The van der Waals surface area contributed by atoms with Crippen molar-refractivity contribution in [1.29, 1.82) is 0 Å². The first-order chi connectivity index (χ1) is 13.1. The van der Waals surface area contributed by atoms with Crippen LogP contribution in [0.25, 0.3) is 11.0 Å². The Morgan fingerprint density at radius 3 is 2.57 bits per heavy atom. The fourth-order valence-electron chi connectivity index (χ4n) is 2.89. The maximum atomic E-state index is 13.5. The number of nitrogens with zero attached hydrogens (tertiary/aromatic N) is 3. The van der Waals surface area contributed by atoms with Crippen molar-refractivity contribution in [3.8, 4) is 5.88 Å². The summed E-state index contributed by atoms with van der Waals surface area (Å²) in [4.78, 5) is 16.5. The van der Waals surface area contributed by atoms with Gasteiger partial charge in [-0.15, -0.1) is 0 Å². The number of rotatable bonds is 4. The molecule has 0 fully saturated rings. The summed E-state index contributed by atoms with van der Waals surface area (Å²) >= 11 is 0. The molecule has 0 radical (unpaired) electrons. The SMILES string of the molecule is Cc1ccccc1NC(=O)[C@@H](C)Oc1cc(C(F)(F)F)c2c(C)nn(C)c2n1. The zero-order valence-corrected chi connectivity index (χ0v) is 15.8. The third kappa shape index (κ3) is 3.78. The highest BCUT2D eigenvalue weighted by Crippen LogP contribution is 2.37. The quantitative estimate of drug-likeness (QED) is 0.728. The maximum Gasteiger partial charge on any atom is 0.417 e. The monoisotopic (exact) mass is 392 g/mol. The Hall–Kier alpha value is -3.10. The number of hydrogen-bond donors (Lipinski definition) is 1. The van der Waals surface area contributed by atoms with Gasteiger partial charge in [-0.3, -0.25) is 9.48 Å². The molecule has 0 saturated heterocycles. The Morgan fingerprint density at radius 1 is 1.25 bits per heavy atom. The van der Waals surface area contributed by atoms with Crippen LogP contribution in [0.2, 0.25) is 0 Å². The van der Waals surface area contributed by atoms with Crippen LogP contribution in [-0.2, 0) is 18.0 Å². The van der Waals surface area contributed by atoms with E-state index >= 15 is 0 Å². The van der Waals surface area contributed by atoms with Gasteiger partial charge in [0.2, 0.25) is 5.88 Å². The number of carbonyl (C=O) groups is 1. The minimum Gasteiger partial charge on any atom is -0.464 e. The highest BCUT2D eigenvalue weighted by Gasteiger charge is 2.36. The van der Waals surface area contributed by atoms with Gasteiger partial charge < -0.3 is 10.1 Å². The number of aryl methyl sites for hydroxylation is 3. The lowest BCUT2D eigenvalue weighted by Gasteiger charge is -2.16. The number of halogens is 3. The first-order valence-electron chi connectivity index (χ1n) is 8.52. The van der Waals surface area contributed by atoms with Crippen LogP contribution < -0.4 is 10.1 Å². The maximum absolute atomic E-state index is 13.5. The van der Waals surface area contributed by atoms with Crippen molar-refractivity contribution in [1.82, 2.24) is 14.8 Å². The second-order valence-corrected chi connectivity index (χ2v) is 6.48. The van der Waals surface area contributed by atoms with Gasteiger partial charge in [-0.25, -0.2) is 0 Å². The van der Waals surface area contributed by atoms with Crippen LogP contribution in [0.4, 0.5) is 18.9 Å². The Bertz CT molecular complexity index is 1040. The standard InChI is InChI=1S/C19H19F3N4O2/c1-10-7-5-6-8-14(10)23-18(27)12(3)28-15-9-13(19(20,21)22)16-11(2)25-26(4)17(16)24-15/h5-9,12H,1-4H3,(H,23,27)/t12-/m1/s1. The van der Waals surface area contributed by atoms with E-state index in [4.69, 9.17) is 4.74 Å². The minimum atomic E-state index is -4.61. The molecular formula is C19H19F3N4O2. The number of para-hydroxylation sites is 1. The summed E-state index contributed by atoms with van der Waals surface area (Å²) in [5.41, 5.74) is 0.810. The molecule has 0 bridgehead atoms. The molecule has 3 aromatic rings. The van der Waals surface area contributed by atoms with Crippen LogP contribution in [0.5, 0.6) is 5.88 Å². The van der Waals surface area contributed by atoms with Crippen molar-refractivity contribution in [3.05, 3.63) is 47.2 Å². The number of anilines is 1. The lowest BCUT2D eigenvalue weighted by molar-refractivity contribution is -0.136. The summed E-state index contributed by atoms with van der Waals surface area (Å²) < 4.78 is 47.2. The molecule has 1 aromatic carbocycles. The molecule has 0 saturated carbocycles. The van der Waals surface area contributed by atoms with Crippen LogP contribution in [0.1, 0.15) is 23.7 Å². The van der Waals surface area contributed by atoms with E-state index in [-0.39, 0.29) is 22.6 Å². The Morgan fingerprint density at radius 2 is 1.93 bits per heavy atom. The Kier molecular flexibility index (Phi) is 5.01. The minimum absolute atomic E-state index is 0.0360. The highest BCUT2D eigenvalue weighted by molar-refractivity contribution is 5.94. The van der Waals surface area contributed by atoms with Gasteiger partial charge in [-0.05, 0) is 32.4 Å². The lowest BCUT2D eigenvalue weighted by Crippen LogP contribution is -2.30. The van der Waals surface area contributed by atoms with Crippen LogP contribution in [0.15, 0.2) is 30.3 Å². The fraction of sp³-hybridized carbons (Fsp3) is 0.316. The second kappa shape index (κ2) is 7.14. The molecule has 0 aliphatic heterocycles. The van der Waals surface area contributed by atoms with E-state index in [2.05, 4.69) is 15.4 Å². The summed E-state index contributed by atoms with van der Waals surface area (Å²) in [7, 11) is 1.50. The van der Waals surface area contributed by atoms with Gasteiger partial charge in [-0.1, -0.05) is 18.2 Å². The predicted molar refractivity (Wildman–Crippen MR) is 98.1 cm³/mol. The number of carbonyl (C=O) groups excluding carboxylic acids is 1. The average molecular weight is 392 g/mol. The number of fused-ring (bicyclic) bond motifs is 1. The van der Waals surface area contributed by atoms with Gasteiger partial charge in [-0.2, -0.15) is 23.3 Å². The van der Waals surface area contributed by atoms with E-state index in [1.165, 1.54) is 25.6 Å². The molecule has 148 valence electrons. The van der Waals surface area contributed by atoms with Gasteiger partial charge in [0, 0.05) is 18.8 Å². The van der Waals surface area contributed by atoms with Gasteiger partial charge in [0.05, 0.1) is 16.6 Å². The molecule has 1 amide bonds. The number of pyridine rings is 1. The molecule has 28 heavy (non-hydrogen) atoms. The van der Waals surface area contributed by atoms with E-state index in [1.807, 2.05) is 19.1 Å². The normalized spacial score (nSPS) is 12.8. The van der Waals surface area contributed by atoms with Crippen molar-refractivity contribution in [2.45, 2.75) is 33.1 Å². The van der Waals surface area contributed by atoms with Crippen molar-refractivity contribution in [2.75, 3.05) is 5.32 Å². The van der Waals surface area contributed by atoms with Crippen LogP contribution in [-0.4, -0.2) is 26.8 Å². The smallest absolute Gasteiger partial charge is 0.417 e. The van der Waals surface area contributed by atoms with Crippen LogP contribution in [0, 0.1) is 13.8 Å². The van der Waals surface area contributed by atoms with Gasteiger partial charge in [0.15, 0.2) is 11.8 Å². The molecule has 0 unspecified atom stereocenters. The fourth-order valence-corrected chi connectivity index (χ4v) is 2.89. The Balaban J connectivity index is 1.90. The zero-order valence-electron chi connectivity index (χ0n) is 15.8. The van der Waals surface area contributed by atoms with Gasteiger partial charge in [0.25, 0.3) is 5.91 Å². The largest absolute Gasteiger partial charge is 0.464 e. The number of nitrogens with one attached hydrogen (secondary N) is 1. The van der Waals surface area contributed by atoms with Crippen molar-refractivity contribution in [2.24, 2.45) is 7.05 Å². The van der Waals surface area contributed by atoms with E-state index in [9.17, 15) is 18.0 Å². The molecule has 3 rings (SSSR count). The molecule has 0 aliphatic carbocycles. The number of aromatic nitrogens is 3. The highest BCUT2D eigenvalue weighted by atomic mass is 19.4. The first kappa shape index (κ1) is 19.7. The summed E-state index contributed by atoms with van der Waals surface area (Å²) in [6, 6.07) is 7.96. The average Bonchev–Trinajstić information content (AvgIpc) is 2.89. The topological polar surface area (TPSA) is 69.0 Å². The first-order valence-corrected chi connectivity index (χ1v) is 8.52. The molecule has 1 atom stereocenters. The zero-order chi connectivity index (χ0) is 20.6. The summed E-state index contributed by atoms with van der Waals surface area (Å²) in [6.45, 7) is 4.76. The summed E-state index contributed by atoms with van der Waals surface area (Å²) in [6.07, 6.45) is -5.67. The van der Waals surface area contributed by atoms with E-state index in [1.54, 1.807) is 12.1 Å².